The number of urea groups is 1. The van der Waals surface area contributed by atoms with Gasteiger partial charge in [-0.2, -0.15) is 0 Å². The molecule has 0 aliphatic carbocycles. The van der Waals surface area contributed by atoms with Gasteiger partial charge in [-0.1, -0.05) is 19.1 Å². The third-order valence-electron chi connectivity index (χ3n) is 3.62. The summed E-state index contributed by atoms with van der Waals surface area (Å²) >= 11 is 0. The minimum Gasteiger partial charge on any atom is -0.338 e. The van der Waals surface area contributed by atoms with Crippen LogP contribution >= 0.6 is 0 Å². The minimum atomic E-state index is -0.809. The van der Waals surface area contributed by atoms with E-state index in [1.807, 2.05) is 6.92 Å². The van der Waals surface area contributed by atoms with Gasteiger partial charge in [0.25, 0.3) is 11.8 Å². The predicted molar refractivity (Wildman–Crippen MR) is 83.5 cm³/mol. The van der Waals surface area contributed by atoms with Gasteiger partial charge in [0, 0.05) is 17.6 Å². The van der Waals surface area contributed by atoms with Crippen molar-refractivity contribution >= 4 is 34.3 Å². The normalized spacial score (nSPS) is 13.4. The SMILES string of the molecule is CCCNC(=O)Nc1cc2c3c(cccc3c1)C(=O)N(O)C2=O. The second-order valence-electron chi connectivity index (χ2n) is 5.23. The summed E-state index contributed by atoms with van der Waals surface area (Å²) in [6.45, 7) is 2.47. The van der Waals surface area contributed by atoms with Gasteiger partial charge >= 0.3 is 6.03 Å². The lowest BCUT2D eigenvalue weighted by atomic mass is 9.94. The van der Waals surface area contributed by atoms with Crippen molar-refractivity contribution in [3.05, 3.63) is 41.5 Å². The third kappa shape index (κ3) is 2.51. The summed E-state index contributed by atoms with van der Waals surface area (Å²) in [6.07, 6.45) is 0.805. The Kier molecular flexibility index (Phi) is 3.71. The van der Waals surface area contributed by atoms with E-state index in [-0.39, 0.29) is 22.2 Å². The Hall–Kier alpha value is -2.93. The molecule has 0 unspecified atom stereocenters. The Morgan fingerprint density at radius 2 is 1.91 bits per heavy atom. The van der Waals surface area contributed by atoms with Crippen molar-refractivity contribution < 1.29 is 19.6 Å². The zero-order chi connectivity index (χ0) is 16.6. The molecule has 0 bridgehead atoms. The maximum atomic E-state index is 12.2. The summed E-state index contributed by atoms with van der Waals surface area (Å²) in [5.41, 5.74) is 0.835. The molecule has 7 heteroatoms. The van der Waals surface area contributed by atoms with Crippen molar-refractivity contribution in [2.24, 2.45) is 0 Å². The highest BCUT2D eigenvalue weighted by Crippen LogP contribution is 2.32. The van der Waals surface area contributed by atoms with Crippen molar-refractivity contribution in [1.82, 2.24) is 10.4 Å². The molecule has 0 aromatic heterocycles. The smallest absolute Gasteiger partial charge is 0.319 e. The summed E-state index contributed by atoms with van der Waals surface area (Å²) < 4.78 is 0. The van der Waals surface area contributed by atoms with Crippen LogP contribution < -0.4 is 10.6 Å². The molecule has 3 rings (SSSR count). The van der Waals surface area contributed by atoms with Crippen LogP contribution in [-0.4, -0.2) is 34.7 Å². The second-order valence-corrected chi connectivity index (χ2v) is 5.23. The molecule has 1 heterocycles. The lowest BCUT2D eigenvalue weighted by molar-refractivity contribution is -0.0377. The van der Waals surface area contributed by atoms with Crippen LogP contribution in [0, 0.1) is 0 Å². The molecular formula is C16H15N3O4. The predicted octanol–water partition coefficient (Wildman–Crippen LogP) is 2.36. The van der Waals surface area contributed by atoms with E-state index in [1.54, 1.807) is 24.3 Å². The molecule has 2 aromatic carbocycles. The first-order chi connectivity index (χ1) is 11.0. The number of imide groups is 1. The fraction of sp³-hybridized carbons (Fsp3) is 0.188. The van der Waals surface area contributed by atoms with Crippen LogP contribution in [0.1, 0.15) is 34.1 Å². The number of hydroxylamine groups is 2. The summed E-state index contributed by atoms with van der Waals surface area (Å²) in [6, 6.07) is 7.70. The number of anilines is 1. The Bertz CT molecular complexity index is 831. The van der Waals surface area contributed by atoms with Crippen molar-refractivity contribution in [1.29, 1.82) is 0 Å². The van der Waals surface area contributed by atoms with Crippen LogP contribution in [0.2, 0.25) is 0 Å². The summed E-state index contributed by atoms with van der Waals surface area (Å²) in [5, 5.41) is 16.2. The largest absolute Gasteiger partial charge is 0.338 e. The van der Waals surface area contributed by atoms with Gasteiger partial charge in [-0.3, -0.25) is 14.8 Å². The lowest BCUT2D eigenvalue weighted by Gasteiger charge is -2.22. The van der Waals surface area contributed by atoms with Crippen LogP contribution in [-0.2, 0) is 0 Å². The molecule has 4 amide bonds. The number of hydrogen-bond donors (Lipinski definition) is 3. The molecule has 2 aromatic rings. The summed E-state index contributed by atoms with van der Waals surface area (Å²) in [4.78, 5) is 35.9. The summed E-state index contributed by atoms with van der Waals surface area (Å²) in [7, 11) is 0. The molecule has 0 spiro atoms. The van der Waals surface area contributed by atoms with Crippen LogP contribution in [0.5, 0.6) is 0 Å². The van der Waals surface area contributed by atoms with E-state index in [9.17, 15) is 19.6 Å². The monoisotopic (exact) mass is 313 g/mol. The highest BCUT2D eigenvalue weighted by atomic mass is 16.5. The second kappa shape index (κ2) is 5.69. The first-order valence-corrected chi connectivity index (χ1v) is 7.22. The van der Waals surface area contributed by atoms with E-state index in [2.05, 4.69) is 10.6 Å². The number of rotatable bonds is 3. The van der Waals surface area contributed by atoms with Crippen molar-refractivity contribution in [2.45, 2.75) is 13.3 Å². The highest BCUT2D eigenvalue weighted by molar-refractivity contribution is 6.25. The molecule has 7 nitrogen and oxygen atoms in total. The van der Waals surface area contributed by atoms with Gasteiger partial charge in [-0.15, -0.1) is 5.06 Å². The van der Waals surface area contributed by atoms with E-state index in [0.717, 1.165) is 6.42 Å². The number of amides is 4. The first-order valence-electron chi connectivity index (χ1n) is 7.22. The van der Waals surface area contributed by atoms with Crippen LogP contribution in [0.25, 0.3) is 10.8 Å². The van der Waals surface area contributed by atoms with E-state index in [1.165, 1.54) is 6.07 Å². The average Bonchev–Trinajstić information content (AvgIpc) is 2.55. The van der Waals surface area contributed by atoms with Gasteiger partial charge in [0.2, 0.25) is 0 Å². The minimum absolute atomic E-state index is 0.0953. The molecule has 3 N–H and O–H groups in total. The van der Waals surface area contributed by atoms with E-state index in [4.69, 9.17) is 0 Å². The Labute approximate surface area is 131 Å². The standard InChI is InChI=1S/C16H15N3O4/c1-2-6-17-16(22)18-10-7-9-4-3-5-11-13(9)12(8-10)15(21)19(23)14(11)20/h3-5,7-8,23H,2,6H2,1H3,(H2,17,18,22). The maximum absolute atomic E-state index is 12.2. The van der Waals surface area contributed by atoms with Crippen molar-refractivity contribution in [3.63, 3.8) is 0 Å². The first kappa shape index (κ1) is 15.0. The number of nitrogens with one attached hydrogen (secondary N) is 2. The Balaban J connectivity index is 2.07. The molecule has 1 aliphatic rings. The molecule has 23 heavy (non-hydrogen) atoms. The van der Waals surface area contributed by atoms with Gasteiger partial charge in [0.05, 0.1) is 11.1 Å². The zero-order valence-electron chi connectivity index (χ0n) is 12.4. The molecule has 1 aliphatic heterocycles. The van der Waals surface area contributed by atoms with Gasteiger partial charge in [-0.25, -0.2) is 4.79 Å². The topological polar surface area (TPSA) is 98.7 Å². The number of benzene rings is 2. The fourth-order valence-corrected chi connectivity index (χ4v) is 2.58. The fourth-order valence-electron chi connectivity index (χ4n) is 2.58. The Morgan fingerprint density at radius 3 is 2.65 bits per heavy atom. The number of carbonyl (C=O) groups is 3. The van der Waals surface area contributed by atoms with E-state index >= 15 is 0 Å². The third-order valence-corrected chi connectivity index (χ3v) is 3.62. The van der Waals surface area contributed by atoms with Gasteiger partial charge < -0.3 is 10.6 Å². The van der Waals surface area contributed by atoms with Crippen molar-refractivity contribution in [2.75, 3.05) is 11.9 Å². The molecule has 0 atom stereocenters. The van der Waals surface area contributed by atoms with E-state index in [0.29, 0.717) is 23.0 Å². The molecule has 0 saturated carbocycles. The number of hydrogen-bond acceptors (Lipinski definition) is 4. The van der Waals surface area contributed by atoms with Crippen LogP contribution in [0.4, 0.5) is 10.5 Å². The van der Waals surface area contributed by atoms with Crippen LogP contribution in [0.3, 0.4) is 0 Å². The average molecular weight is 313 g/mol. The number of nitrogens with zero attached hydrogens (tertiary/aromatic N) is 1. The van der Waals surface area contributed by atoms with Gasteiger partial charge in [-0.05, 0) is 30.0 Å². The molecule has 0 saturated heterocycles. The highest BCUT2D eigenvalue weighted by Gasteiger charge is 2.32. The quantitative estimate of drug-likeness (QED) is 0.598. The lowest BCUT2D eigenvalue weighted by Crippen LogP contribution is -2.37. The van der Waals surface area contributed by atoms with Crippen LogP contribution in [0.15, 0.2) is 30.3 Å². The van der Waals surface area contributed by atoms with Gasteiger partial charge in [0.15, 0.2) is 0 Å². The maximum Gasteiger partial charge on any atom is 0.319 e. The molecule has 0 radical (unpaired) electrons. The zero-order valence-corrected chi connectivity index (χ0v) is 12.4. The van der Waals surface area contributed by atoms with E-state index < -0.39 is 11.8 Å². The molecular weight excluding hydrogens is 298 g/mol. The Morgan fingerprint density at radius 1 is 1.17 bits per heavy atom. The van der Waals surface area contributed by atoms with Gasteiger partial charge in [0.1, 0.15) is 0 Å². The van der Waals surface area contributed by atoms with Crippen molar-refractivity contribution in [3.8, 4) is 0 Å². The summed E-state index contributed by atoms with van der Waals surface area (Å²) in [5.74, 6) is -1.56. The molecule has 118 valence electrons. The number of carbonyl (C=O) groups excluding carboxylic acids is 3. The molecule has 0 fully saturated rings.